The Hall–Kier alpha value is -3.42. The van der Waals surface area contributed by atoms with Gasteiger partial charge in [0, 0.05) is 11.3 Å². The van der Waals surface area contributed by atoms with Crippen LogP contribution in [0.5, 0.6) is 0 Å². The van der Waals surface area contributed by atoms with E-state index >= 15 is 0 Å². The van der Waals surface area contributed by atoms with E-state index in [1.165, 1.54) is 37.4 Å². The van der Waals surface area contributed by atoms with Gasteiger partial charge in [0.1, 0.15) is 11.4 Å². The number of nitrogens with one attached hydrogen (secondary N) is 2. The monoisotopic (exact) mass is 416 g/mol. The van der Waals surface area contributed by atoms with Crippen LogP contribution in [-0.4, -0.2) is 30.7 Å². The van der Waals surface area contributed by atoms with Gasteiger partial charge in [-0.15, -0.1) is 0 Å². The number of carbonyl (C=O) groups is 3. The molecule has 0 saturated carbocycles. The van der Waals surface area contributed by atoms with Crippen LogP contribution in [0.2, 0.25) is 0 Å². The van der Waals surface area contributed by atoms with Gasteiger partial charge in [0.25, 0.3) is 5.91 Å². The number of halogens is 1. The van der Waals surface area contributed by atoms with Crippen LogP contribution in [0.15, 0.2) is 48.5 Å². The zero-order valence-corrected chi connectivity index (χ0v) is 17.3. The van der Waals surface area contributed by atoms with E-state index < -0.39 is 35.4 Å². The molecule has 2 aromatic carbocycles. The first kappa shape index (κ1) is 22.9. The Labute approximate surface area is 174 Å². The lowest BCUT2D eigenvalue weighted by molar-refractivity contribution is -0.141. The van der Waals surface area contributed by atoms with Gasteiger partial charge in [-0.3, -0.25) is 14.9 Å². The van der Waals surface area contributed by atoms with Gasteiger partial charge in [-0.25, -0.2) is 9.18 Å². The summed E-state index contributed by atoms with van der Waals surface area (Å²) in [6, 6.07) is 11.0. The number of carbonyl (C=O) groups excluding carboxylic acids is 3. The molecular weight excluding hydrogens is 391 g/mol. The van der Waals surface area contributed by atoms with Crippen molar-refractivity contribution >= 4 is 23.7 Å². The van der Waals surface area contributed by atoms with Crippen molar-refractivity contribution < 1.29 is 28.2 Å². The Morgan fingerprint density at radius 1 is 1.07 bits per heavy atom. The highest BCUT2D eigenvalue weighted by Crippen LogP contribution is 2.20. The summed E-state index contributed by atoms with van der Waals surface area (Å²) in [4.78, 5) is 36.4. The van der Waals surface area contributed by atoms with Crippen LogP contribution in [-0.2, 0) is 14.3 Å². The molecule has 0 bridgehead atoms. The average Bonchev–Trinajstić information content (AvgIpc) is 2.66. The van der Waals surface area contributed by atoms with E-state index in [1.807, 2.05) is 0 Å². The number of methoxy groups -OCH3 is 1. The van der Waals surface area contributed by atoms with Crippen molar-refractivity contribution in [2.45, 2.75) is 38.8 Å². The number of ether oxygens (including phenoxy) is 2. The first-order valence-corrected chi connectivity index (χ1v) is 9.30. The standard InChI is InChI=1S/C22H25FN2O5/c1-22(2,3)30-21(28)24-17-7-5-6-15(12-17)20(27)25-18(13-19(26)29-4)14-8-10-16(23)11-9-14/h5-12,18H,13H2,1-4H3,(H,24,28)(H,25,27). The second-order valence-corrected chi connectivity index (χ2v) is 7.57. The summed E-state index contributed by atoms with van der Waals surface area (Å²) in [6.07, 6.45) is -0.765. The molecule has 0 fully saturated rings. The molecule has 0 spiro atoms. The Morgan fingerprint density at radius 3 is 2.33 bits per heavy atom. The third kappa shape index (κ3) is 7.20. The van der Waals surface area contributed by atoms with Crippen LogP contribution in [0.3, 0.4) is 0 Å². The van der Waals surface area contributed by atoms with Gasteiger partial charge in [-0.1, -0.05) is 18.2 Å². The first-order valence-electron chi connectivity index (χ1n) is 9.30. The molecular formula is C22H25FN2O5. The van der Waals surface area contributed by atoms with Crippen molar-refractivity contribution in [2.24, 2.45) is 0 Å². The molecule has 0 heterocycles. The summed E-state index contributed by atoms with van der Waals surface area (Å²) in [6.45, 7) is 5.23. The molecule has 0 aromatic heterocycles. The smallest absolute Gasteiger partial charge is 0.412 e. The van der Waals surface area contributed by atoms with Crippen molar-refractivity contribution in [1.82, 2.24) is 5.32 Å². The number of rotatable bonds is 6. The van der Waals surface area contributed by atoms with Gasteiger partial charge in [0.2, 0.25) is 0 Å². The fourth-order valence-electron chi connectivity index (χ4n) is 2.60. The van der Waals surface area contributed by atoms with Crippen molar-refractivity contribution in [3.05, 3.63) is 65.5 Å². The fraction of sp³-hybridized carbons (Fsp3) is 0.318. The lowest BCUT2D eigenvalue weighted by atomic mass is 10.0. The molecule has 30 heavy (non-hydrogen) atoms. The van der Waals surface area contributed by atoms with Gasteiger partial charge in [0.05, 0.1) is 19.6 Å². The van der Waals surface area contributed by atoms with Crippen molar-refractivity contribution in [3.63, 3.8) is 0 Å². The minimum absolute atomic E-state index is 0.121. The summed E-state index contributed by atoms with van der Waals surface area (Å²) in [5.41, 5.74) is 0.539. The van der Waals surface area contributed by atoms with Gasteiger partial charge in [-0.2, -0.15) is 0 Å². The SMILES string of the molecule is COC(=O)CC(NC(=O)c1cccc(NC(=O)OC(C)(C)C)c1)c1ccc(F)cc1. The molecule has 7 nitrogen and oxygen atoms in total. The van der Waals surface area contributed by atoms with Crippen LogP contribution in [0.25, 0.3) is 0 Å². The van der Waals surface area contributed by atoms with E-state index in [9.17, 15) is 18.8 Å². The van der Waals surface area contributed by atoms with Gasteiger partial charge >= 0.3 is 12.1 Å². The minimum Gasteiger partial charge on any atom is -0.469 e. The summed E-state index contributed by atoms with van der Waals surface area (Å²) in [5.74, 6) is -1.42. The largest absolute Gasteiger partial charge is 0.469 e. The lowest BCUT2D eigenvalue weighted by Crippen LogP contribution is -2.30. The van der Waals surface area contributed by atoms with E-state index in [0.29, 0.717) is 11.3 Å². The third-order valence-corrected chi connectivity index (χ3v) is 3.95. The maximum atomic E-state index is 13.2. The van der Waals surface area contributed by atoms with E-state index in [0.717, 1.165) is 0 Å². The molecule has 2 amide bonds. The lowest BCUT2D eigenvalue weighted by Gasteiger charge is -2.20. The van der Waals surface area contributed by atoms with Crippen molar-refractivity contribution in [3.8, 4) is 0 Å². The van der Waals surface area contributed by atoms with Crippen LogP contribution in [0.4, 0.5) is 14.9 Å². The number of benzene rings is 2. The number of hydrogen-bond acceptors (Lipinski definition) is 5. The van der Waals surface area contributed by atoms with Crippen molar-refractivity contribution in [1.29, 1.82) is 0 Å². The molecule has 0 aliphatic rings. The molecule has 0 aliphatic heterocycles. The second kappa shape index (κ2) is 9.87. The Bertz CT molecular complexity index is 906. The predicted molar refractivity (Wildman–Crippen MR) is 110 cm³/mol. The van der Waals surface area contributed by atoms with Crippen LogP contribution in [0.1, 0.15) is 49.2 Å². The van der Waals surface area contributed by atoms with Gasteiger partial charge < -0.3 is 14.8 Å². The topological polar surface area (TPSA) is 93.7 Å². The Morgan fingerprint density at radius 2 is 1.73 bits per heavy atom. The van der Waals surface area contributed by atoms with Crippen LogP contribution < -0.4 is 10.6 Å². The zero-order valence-electron chi connectivity index (χ0n) is 17.3. The minimum atomic E-state index is -0.715. The number of anilines is 1. The number of hydrogen-bond donors (Lipinski definition) is 2. The molecule has 0 aliphatic carbocycles. The Kier molecular flexibility index (Phi) is 7.52. The summed E-state index contributed by atoms with van der Waals surface area (Å²) >= 11 is 0. The Balaban J connectivity index is 2.15. The van der Waals surface area contributed by atoms with E-state index in [-0.39, 0.29) is 12.0 Å². The summed E-state index contributed by atoms with van der Waals surface area (Å²) < 4.78 is 23.1. The summed E-state index contributed by atoms with van der Waals surface area (Å²) in [7, 11) is 1.25. The van der Waals surface area contributed by atoms with Gasteiger partial charge in [0.15, 0.2) is 0 Å². The first-order chi connectivity index (χ1) is 14.1. The van der Waals surface area contributed by atoms with E-state index in [2.05, 4.69) is 10.6 Å². The average molecular weight is 416 g/mol. The molecule has 2 rings (SSSR count). The van der Waals surface area contributed by atoms with E-state index in [1.54, 1.807) is 39.0 Å². The number of amides is 2. The normalized spacial score (nSPS) is 11.9. The third-order valence-electron chi connectivity index (χ3n) is 3.95. The highest BCUT2D eigenvalue weighted by Gasteiger charge is 2.21. The van der Waals surface area contributed by atoms with Crippen LogP contribution >= 0.6 is 0 Å². The number of esters is 1. The summed E-state index contributed by atoms with van der Waals surface area (Å²) in [5, 5.41) is 5.32. The maximum Gasteiger partial charge on any atom is 0.412 e. The van der Waals surface area contributed by atoms with Gasteiger partial charge in [-0.05, 0) is 56.7 Å². The highest BCUT2D eigenvalue weighted by atomic mass is 19.1. The molecule has 0 saturated heterocycles. The highest BCUT2D eigenvalue weighted by molar-refractivity contribution is 5.96. The molecule has 1 atom stereocenters. The molecule has 0 radical (unpaired) electrons. The molecule has 2 aromatic rings. The molecule has 160 valence electrons. The zero-order chi connectivity index (χ0) is 22.3. The molecule has 2 N–H and O–H groups in total. The van der Waals surface area contributed by atoms with Crippen molar-refractivity contribution in [2.75, 3.05) is 12.4 Å². The maximum absolute atomic E-state index is 13.2. The van der Waals surface area contributed by atoms with E-state index in [4.69, 9.17) is 9.47 Å². The fourth-order valence-corrected chi connectivity index (χ4v) is 2.60. The molecule has 1 unspecified atom stereocenters. The van der Waals surface area contributed by atoms with Crippen LogP contribution in [0, 0.1) is 5.82 Å². The quantitative estimate of drug-likeness (QED) is 0.688. The molecule has 8 heteroatoms. The predicted octanol–water partition coefficient (Wildman–Crippen LogP) is 4.21. The second-order valence-electron chi connectivity index (χ2n) is 7.57.